The molecule has 6 heteroatoms. The fraction of sp³-hybridized carbons (Fsp3) is 0.208. The summed E-state index contributed by atoms with van der Waals surface area (Å²) in [6.45, 7) is 2.83. The van der Waals surface area contributed by atoms with Crippen LogP contribution in [0.1, 0.15) is 17.5 Å². The molecule has 3 heterocycles. The van der Waals surface area contributed by atoms with Gasteiger partial charge in [-0.25, -0.2) is 9.97 Å². The average Bonchev–Trinajstić information content (AvgIpc) is 3.47. The zero-order valence-corrected chi connectivity index (χ0v) is 16.4. The van der Waals surface area contributed by atoms with Crippen molar-refractivity contribution in [3.63, 3.8) is 0 Å². The number of aromatic nitrogens is 2. The zero-order valence-electron chi connectivity index (χ0n) is 16.4. The molecule has 0 bridgehead atoms. The van der Waals surface area contributed by atoms with Gasteiger partial charge in [-0.1, -0.05) is 12.1 Å². The Labute approximate surface area is 174 Å². The molecule has 2 N–H and O–H groups in total. The maximum absolute atomic E-state index is 9.14. The van der Waals surface area contributed by atoms with Crippen molar-refractivity contribution >= 4 is 11.0 Å². The zero-order chi connectivity index (χ0) is 20.3. The van der Waals surface area contributed by atoms with Crippen molar-refractivity contribution in [2.45, 2.75) is 19.0 Å². The van der Waals surface area contributed by atoms with E-state index in [1.807, 2.05) is 30.5 Å². The Morgan fingerprint density at radius 1 is 1.10 bits per heavy atom. The lowest BCUT2D eigenvalue weighted by Crippen LogP contribution is -2.30. The van der Waals surface area contributed by atoms with Gasteiger partial charge < -0.3 is 15.1 Å². The molecule has 1 atom stereocenters. The Balaban J connectivity index is 1.59. The molecule has 6 nitrogen and oxygen atoms in total. The Morgan fingerprint density at radius 2 is 1.90 bits per heavy atom. The van der Waals surface area contributed by atoms with E-state index in [0.29, 0.717) is 11.6 Å². The molecule has 148 valence electrons. The molecular weight excluding hydrogens is 374 g/mol. The molecule has 5 rings (SSSR count). The molecule has 2 aromatic heterocycles. The molecular formula is C24H21N5O. The minimum absolute atomic E-state index is 0.494. The van der Waals surface area contributed by atoms with Gasteiger partial charge in [0.05, 0.1) is 17.9 Å². The summed E-state index contributed by atoms with van der Waals surface area (Å²) in [7, 11) is 0. The SMILES string of the molecule is N#Cc1ccc(-c2cc3c(CNC4CCNC4)coc3cc2-c2cncnc2)cc1. The number of nitriles is 1. The van der Waals surface area contributed by atoms with Crippen molar-refractivity contribution in [1.29, 1.82) is 5.26 Å². The normalized spacial score (nSPS) is 16.0. The first-order chi connectivity index (χ1) is 14.8. The first-order valence-corrected chi connectivity index (χ1v) is 10.1. The third kappa shape index (κ3) is 3.57. The van der Waals surface area contributed by atoms with Gasteiger partial charge in [0.15, 0.2) is 0 Å². The van der Waals surface area contributed by atoms with Crippen LogP contribution in [0.2, 0.25) is 0 Å². The molecule has 4 aromatic rings. The summed E-state index contributed by atoms with van der Waals surface area (Å²) in [6.07, 6.45) is 8.12. The van der Waals surface area contributed by atoms with E-state index in [-0.39, 0.29) is 0 Å². The van der Waals surface area contributed by atoms with Crippen molar-refractivity contribution in [2.24, 2.45) is 0 Å². The van der Waals surface area contributed by atoms with Gasteiger partial charge in [0.25, 0.3) is 0 Å². The van der Waals surface area contributed by atoms with Crippen LogP contribution in [0.4, 0.5) is 0 Å². The van der Waals surface area contributed by atoms with Crippen LogP contribution in [0.25, 0.3) is 33.2 Å². The predicted molar refractivity (Wildman–Crippen MR) is 116 cm³/mol. The van der Waals surface area contributed by atoms with Crippen LogP contribution in [-0.2, 0) is 6.54 Å². The fourth-order valence-corrected chi connectivity index (χ4v) is 3.99. The highest BCUT2D eigenvalue weighted by Crippen LogP contribution is 2.37. The Morgan fingerprint density at radius 3 is 2.63 bits per heavy atom. The van der Waals surface area contributed by atoms with E-state index in [2.05, 4.69) is 38.8 Å². The van der Waals surface area contributed by atoms with Crippen molar-refractivity contribution < 1.29 is 4.42 Å². The lowest BCUT2D eigenvalue weighted by atomic mass is 9.93. The molecule has 1 unspecified atom stereocenters. The van der Waals surface area contributed by atoms with Gasteiger partial charge in [0.2, 0.25) is 0 Å². The molecule has 1 fully saturated rings. The summed E-state index contributed by atoms with van der Waals surface area (Å²) in [4.78, 5) is 8.36. The Hall–Kier alpha value is -3.53. The molecule has 0 saturated carbocycles. The molecule has 0 radical (unpaired) electrons. The number of rotatable bonds is 5. The Kier molecular flexibility index (Phi) is 4.98. The largest absolute Gasteiger partial charge is 0.464 e. The van der Waals surface area contributed by atoms with Crippen molar-refractivity contribution in [3.8, 4) is 28.3 Å². The average molecular weight is 395 g/mol. The van der Waals surface area contributed by atoms with E-state index in [4.69, 9.17) is 9.68 Å². The van der Waals surface area contributed by atoms with Gasteiger partial charge in [-0.05, 0) is 53.9 Å². The lowest BCUT2D eigenvalue weighted by Gasteiger charge is -2.12. The number of benzene rings is 2. The van der Waals surface area contributed by atoms with Gasteiger partial charge in [-0.2, -0.15) is 5.26 Å². The van der Waals surface area contributed by atoms with Crippen LogP contribution < -0.4 is 10.6 Å². The van der Waals surface area contributed by atoms with Gasteiger partial charge in [-0.3, -0.25) is 0 Å². The second-order valence-corrected chi connectivity index (χ2v) is 7.54. The second kappa shape index (κ2) is 8.07. The van der Waals surface area contributed by atoms with Crippen LogP contribution in [-0.4, -0.2) is 29.1 Å². The van der Waals surface area contributed by atoms with E-state index in [0.717, 1.165) is 64.8 Å². The number of fused-ring (bicyclic) bond motifs is 1. The summed E-state index contributed by atoms with van der Waals surface area (Å²) in [5, 5.41) is 17.2. The minimum Gasteiger partial charge on any atom is -0.464 e. The number of nitrogens with zero attached hydrogens (tertiary/aromatic N) is 3. The van der Waals surface area contributed by atoms with Crippen molar-refractivity contribution in [3.05, 3.63) is 72.5 Å². The highest BCUT2D eigenvalue weighted by Gasteiger charge is 2.17. The number of hydrogen-bond acceptors (Lipinski definition) is 6. The van der Waals surface area contributed by atoms with Gasteiger partial charge in [-0.15, -0.1) is 0 Å². The van der Waals surface area contributed by atoms with E-state index in [1.165, 1.54) is 6.33 Å². The predicted octanol–water partition coefficient (Wildman–Crippen LogP) is 3.88. The number of nitrogens with one attached hydrogen (secondary N) is 2. The lowest BCUT2D eigenvalue weighted by molar-refractivity contribution is 0.541. The molecule has 0 spiro atoms. The third-order valence-electron chi connectivity index (χ3n) is 5.63. The maximum Gasteiger partial charge on any atom is 0.134 e. The second-order valence-electron chi connectivity index (χ2n) is 7.54. The molecule has 30 heavy (non-hydrogen) atoms. The van der Waals surface area contributed by atoms with Gasteiger partial charge in [0, 0.05) is 48.0 Å². The van der Waals surface area contributed by atoms with E-state index in [1.54, 1.807) is 12.4 Å². The van der Waals surface area contributed by atoms with E-state index >= 15 is 0 Å². The first-order valence-electron chi connectivity index (χ1n) is 10.1. The van der Waals surface area contributed by atoms with Gasteiger partial charge >= 0.3 is 0 Å². The fourth-order valence-electron chi connectivity index (χ4n) is 3.99. The highest BCUT2D eigenvalue weighted by atomic mass is 16.3. The van der Waals surface area contributed by atoms with Crippen LogP contribution in [0.15, 0.2) is 65.8 Å². The van der Waals surface area contributed by atoms with Crippen molar-refractivity contribution in [2.75, 3.05) is 13.1 Å². The monoisotopic (exact) mass is 395 g/mol. The summed E-state index contributed by atoms with van der Waals surface area (Å²) in [6, 6.07) is 14.6. The standard InChI is InChI=1S/C24H21N5O/c25-9-16-1-3-17(4-2-16)21-7-23-19(12-29-20-5-6-26-13-20)14-30-24(23)8-22(21)18-10-27-15-28-11-18/h1-4,7-8,10-11,14-15,20,26,29H,5-6,12-13H2. The van der Waals surface area contributed by atoms with Crippen LogP contribution in [0, 0.1) is 11.3 Å². The third-order valence-corrected chi connectivity index (χ3v) is 5.63. The van der Waals surface area contributed by atoms with Gasteiger partial charge in [0.1, 0.15) is 11.9 Å². The molecule has 1 aliphatic heterocycles. The molecule has 0 aliphatic carbocycles. The number of hydrogen-bond donors (Lipinski definition) is 2. The summed E-state index contributed by atoms with van der Waals surface area (Å²) < 4.78 is 5.91. The van der Waals surface area contributed by atoms with Crippen LogP contribution >= 0.6 is 0 Å². The van der Waals surface area contributed by atoms with E-state index < -0.39 is 0 Å². The molecule has 0 amide bonds. The maximum atomic E-state index is 9.14. The van der Waals surface area contributed by atoms with Crippen LogP contribution in [0.5, 0.6) is 0 Å². The topological polar surface area (TPSA) is 86.8 Å². The smallest absolute Gasteiger partial charge is 0.134 e. The van der Waals surface area contributed by atoms with Crippen molar-refractivity contribution in [1.82, 2.24) is 20.6 Å². The molecule has 1 aliphatic rings. The summed E-state index contributed by atoms with van der Waals surface area (Å²) in [5.74, 6) is 0. The first kappa shape index (κ1) is 18.5. The molecule has 2 aromatic carbocycles. The number of furan rings is 1. The van der Waals surface area contributed by atoms with E-state index in [9.17, 15) is 0 Å². The quantitative estimate of drug-likeness (QED) is 0.533. The molecule has 1 saturated heterocycles. The van der Waals surface area contributed by atoms with Crippen LogP contribution in [0.3, 0.4) is 0 Å². The highest BCUT2D eigenvalue weighted by molar-refractivity contribution is 5.95. The summed E-state index contributed by atoms with van der Waals surface area (Å²) in [5.41, 5.74) is 6.65. The summed E-state index contributed by atoms with van der Waals surface area (Å²) >= 11 is 0. The minimum atomic E-state index is 0.494. The Bertz CT molecular complexity index is 1200.